The maximum absolute atomic E-state index is 13.5. The van der Waals surface area contributed by atoms with Crippen LogP contribution in [0.4, 0.5) is 24.7 Å². The van der Waals surface area contributed by atoms with Gasteiger partial charge < -0.3 is 10.5 Å². The molecule has 6 rings (SSSR count). The highest BCUT2D eigenvalue weighted by Gasteiger charge is 2.33. The minimum atomic E-state index is -5.02. The molecule has 254 valence electrons. The number of fused-ring (bicyclic) bond motifs is 1. The molecule has 5 aromatic rings. The van der Waals surface area contributed by atoms with Crippen molar-refractivity contribution in [2.75, 3.05) is 24.0 Å². The minimum Gasteiger partial charge on any atom is -0.484 e. The summed E-state index contributed by atoms with van der Waals surface area (Å²) in [4.78, 5) is 6.83. The van der Waals surface area contributed by atoms with Gasteiger partial charge in [0.1, 0.15) is 29.2 Å². The van der Waals surface area contributed by atoms with E-state index >= 15 is 0 Å². The fourth-order valence-corrected chi connectivity index (χ4v) is 6.61. The number of nitrogens with zero attached hydrogens (tertiary/aromatic N) is 6. The van der Waals surface area contributed by atoms with Gasteiger partial charge in [0.05, 0.1) is 28.8 Å². The Morgan fingerprint density at radius 3 is 2.50 bits per heavy atom. The molecule has 4 heterocycles. The van der Waals surface area contributed by atoms with E-state index in [9.17, 15) is 21.6 Å². The normalized spacial score (nSPS) is 17.6. The number of likely N-dealkylation sites (N-methyl/N-ethyl adjacent to an activating group) is 1. The Morgan fingerprint density at radius 1 is 1.08 bits per heavy atom. The fourth-order valence-electron chi connectivity index (χ4n) is 6.05. The van der Waals surface area contributed by atoms with E-state index < -0.39 is 27.7 Å². The number of sulfonamides is 1. The highest BCUT2D eigenvalue weighted by atomic mass is 32.2. The SMILES string of the molecule is CC(Oc1cc(-c2nn(C)c3c(-c4cnn(C5CCC(C)(C)N(C)C5)c4)cnc(N)c23)ccc1NS(=O)(=O)C(F)F)c1ccc(F)cc1. The second kappa shape index (κ2) is 12.4. The number of anilines is 2. The fraction of sp³-hybridized carbons (Fsp3) is 0.364. The number of piperidine rings is 1. The van der Waals surface area contributed by atoms with Crippen LogP contribution in [-0.2, 0) is 17.1 Å². The molecule has 1 fully saturated rings. The van der Waals surface area contributed by atoms with Crippen molar-refractivity contribution >= 4 is 32.4 Å². The highest BCUT2D eigenvalue weighted by Crippen LogP contribution is 2.41. The maximum Gasteiger partial charge on any atom is 0.355 e. The number of benzene rings is 2. The lowest BCUT2D eigenvalue weighted by atomic mass is 9.89. The first kappa shape index (κ1) is 33.3. The van der Waals surface area contributed by atoms with E-state index in [1.807, 2.05) is 15.6 Å². The molecule has 15 heteroatoms. The molecule has 0 bridgehead atoms. The number of aromatic nitrogens is 5. The first-order valence-corrected chi connectivity index (χ1v) is 16.9. The van der Waals surface area contributed by atoms with Crippen LogP contribution >= 0.6 is 0 Å². The van der Waals surface area contributed by atoms with E-state index in [0.29, 0.717) is 27.7 Å². The third-order valence-electron chi connectivity index (χ3n) is 9.17. The number of likely N-dealkylation sites (tertiary alicyclic amines) is 1. The largest absolute Gasteiger partial charge is 0.484 e. The van der Waals surface area contributed by atoms with Gasteiger partial charge in [-0.15, -0.1) is 0 Å². The number of hydrogen-bond acceptors (Lipinski definition) is 8. The van der Waals surface area contributed by atoms with Crippen LogP contribution in [0.1, 0.15) is 51.3 Å². The summed E-state index contributed by atoms with van der Waals surface area (Å²) < 4.78 is 76.1. The third-order valence-corrected chi connectivity index (χ3v) is 10.1. The summed E-state index contributed by atoms with van der Waals surface area (Å²) in [5, 5.41) is 10.00. The topological polar surface area (TPSA) is 133 Å². The van der Waals surface area contributed by atoms with Crippen molar-refractivity contribution in [1.29, 1.82) is 0 Å². The number of pyridine rings is 1. The molecule has 1 aliphatic heterocycles. The predicted octanol–water partition coefficient (Wildman–Crippen LogP) is 6.37. The van der Waals surface area contributed by atoms with Crippen molar-refractivity contribution in [3.05, 3.63) is 72.4 Å². The number of rotatable bonds is 9. The van der Waals surface area contributed by atoms with Gasteiger partial charge in [-0.3, -0.25) is 19.0 Å². The average Bonchev–Trinajstić information content (AvgIpc) is 3.66. The van der Waals surface area contributed by atoms with Gasteiger partial charge in [0, 0.05) is 48.2 Å². The molecule has 1 aliphatic rings. The van der Waals surface area contributed by atoms with Crippen molar-refractivity contribution in [2.24, 2.45) is 7.05 Å². The van der Waals surface area contributed by atoms with Crippen LogP contribution in [0.25, 0.3) is 33.3 Å². The molecule has 0 amide bonds. The zero-order chi connectivity index (χ0) is 34.5. The quantitative estimate of drug-likeness (QED) is 0.183. The van der Waals surface area contributed by atoms with E-state index in [2.05, 4.69) is 30.8 Å². The molecule has 2 aromatic carbocycles. The molecule has 0 saturated carbocycles. The number of nitrogens with one attached hydrogen (secondary N) is 1. The molecule has 2 unspecified atom stereocenters. The summed E-state index contributed by atoms with van der Waals surface area (Å²) in [7, 11) is -1.12. The van der Waals surface area contributed by atoms with Crippen LogP contribution in [0.15, 0.2) is 61.1 Å². The summed E-state index contributed by atoms with van der Waals surface area (Å²) in [6.07, 6.45) is 6.81. The summed E-state index contributed by atoms with van der Waals surface area (Å²) >= 11 is 0. The summed E-state index contributed by atoms with van der Waals surface area (Å²) in [6, 6.07) is 10.1. The lowest BCUT2D eigenvalue weighted by molar-refractivity contribution is 0.0713. The molecule has 0 aliphatic carbocycles. The molecule has 1 saturated heterocycles. The van der Waals surface area contributed by atoms with Crippen molar-refractivity contribution in [3.8, 4) is 28.1 Å². The van der Waals surface area contributed by atoms with E-state index in [4.69, 9.17) is 20.7 Å². The maximum atomic E-state index is 13.5. The van der Waals surface area contributed by atoms with Crippen molar-refractivity contribution < 1.29 is 26.3 Å². The minimum absolute atomic E-state index is 0.0445. The number of alkyl halides is 2. The Labute approximate surface area is 276 Å². The lowest BCUT2D eigenvalue weighted by Crippen LogP contribution is -2.48. The van der Waals surface area contributed by atoms with Gasteiger partial charge in [-0.1, -0.05) is 18.2 Å². The van der Waals surface area contributed by atoms with E-state index in [-0.39, 0.29) is 28.8 Å². The summed E-state index contributed by atoms with van der Waals surface area (Å²) in [6.45, 7) is 7.02. The second-order valence-electron chi connectivity index (χ2n) is 12.8. The van der Waals surface area contributed by atoms with E-state index in [1.165, 1.54) is 42.5 Å². The number of ether oxygens (including phenoxy) is 1. The predicted molar refractivity (Wildman–Crippen MR) is 179 cm³/mol. The molecule has 0 spiro atoms. The Bertz CT molecular complexity index is 2080. The van der Waals surface area contributed by atoms with E-state index in [1.54, 1.807) is 31.0 Å². The Kier molecular flexibility index (Phi) is 8.62. The van der Waals surface area contributed by atoms with Gasteiger partial charge in [0.15, 0.2) is 0 Å². The Hall–Kier alpha value is -4.63. The molecule has 11 nitrogen and oxygen atoms in total. The number of hydrogen-bond donors (Lipinski definition) is 2. The first-order chi connectivity index (χ1) is 22.6. The first-order valence-electron chi connectivity index (χ1n) is 15.4. The van der Waals surface area contributed by atoms with Crippen LogP contribution < -0.4 is 15.2 Å². The highest BCUT2D eigenvalue weighted by molar-refractivity contribution is 7.93. The Balaban J connectivity index is 1.40. The molecular weight excluding hydrogens is 645 g/mol. The molecular formula is C33H37F3N8O3S. The average molecular weight is 683 g/mol. The van der Waals surface area contributed by atoms with E-state index in [0.717, 1.165) is 30.5 Å². The van der Waals surface area contributed by atoms with Crippen molar-refractivity contribution in [3.63, 3.8) is 0 Å². The van der Waals surface area contributed by atoms with Gasteiger partial charge in [0.25, 0.3) is 10.0 Å². The van der Waals surface area contributed by atoms with Gasteiger partial charge >= 0.3 is 5.76 Å². The summed E-state index contributed by atoms with van der Waals surface area (Å²) in [5.74, 6) is -3.94. The van der Waals surface area contributed by atoms with Crippen molar-refractivity contribution in [2.45, 2.75) is 57.1 Å². The van der Waals surface area contributed by atoms with Crippen LogP contribution in [0.2, 0.25) is 0 Å². The van der Waals surface area contributed by atoms with Crippen LogP contribution in [0.5, 0.6) is 5.75 Å². The smallest absolute Gasteiger partial charge is 0.355 e. The molecule has 3 N–H and O–H groups in total. The van der Waals surface area contributed by atoms with Crippen LogP contribution in [0, 0.1) is 5.82 Å². The van der Waals surface area contributed by atoms with Crippen LogP contribution in [0.3, 0.4) is 0 Å². The molecule has 0 radical (unpaired) electrons. The molecule has 2 atom stereocenters. The van der Waals surface area contributed by atoms with Gasteiger partial charge in [-0.25, -0.2) is 17.8 Å². The molecule has 48 heavy (non-hydrogen) atoms. The zero-order valence-electron chi connectivity index (χ0n) is 27.2. The zero-order valence-corrected chi connectivity index (χ0v) is 28.0. The standard InChI is InChI=1S/C33H37F3N8O3S/c1-19(20-6-9-23(34)10-7-20)47-27-14-21(8-11-26(27)41-48(45,46)32(35)36)29-28-30(43(5)40-29)25(16-38-31(28)37)22-15-39-44(17-22)24-12-13-33(2,3)42(4)18-24/h6-11,14-17,19,24,32,41H,12-13,18H2,1-5H3,(H2,37,38). The number of halogens is 3. The third kappa shape index (κ3) is 6.31. The second-order valence-corrected chi connectivity index (χ2v) is 14.4. The number of nitrogen functional groups attached to an aromatic ring is 1. The van der Waals surface area contributed by atoms with Crippen molar-refractivity contribution in [1.82, 2.24) is 29.4 Å². The summed E-state index contributed by atoms with van der Waals surface area (Å²) in [5.41, 5.74) is 10.1. The van der Waals surface area contributed by atoms with Gasteiger partial charge in [-0.2, -0.15) is 19.0 Å². The Morgan fingerprint density at radius 2 is 1.81 bits per heavy atom. The lowest BCUT2D eigenvalue weighted by Gasteiger charge is -2.43. The van der Waals surface area contributed by atoms with Gasteiger partial charge in [0.2, 0.25) is 0 Å². The monoisotopic (exact) mass is 682 g/mol. The molecule has 3 aromatic heterocycles. The number of aryl methyl sites for hydroxylation is 1. The van der Waals surface area contributed by atoms with Gasteiger partial charge in [-0.05, 0) is 70.5 Å². The van der Waals surface area contributed by atoms with Crippen LogP contribution in [-0.4, -0.2) is 62.8 Å². The number of nitrogens with two attached hydrogens (primary N) is 1.